The quantitative estimate of drug-likeness (QED) is 0.257. The van der Waals surface area contributed by atoms with Crippen molar-refractivity contribution in [2.45, 2.75) is 32.7 Å². The minimum atomic E-state index is -0.875. The summed E-state index contributed by atoms with van der Waals surface area (Å²) in [5, 5.41) is 0.452. The van der Waals surface area contributed by atoms with E-state index in [4.69, 9.17) is 26.1 Å². The fourth-order valence-corrected chi connectivity index (χ4v) is 6.96. The average Bonchev–Trinajstić information content (AvgIpc) is 3.66. The van der Waals surface area contributed by atoms with Crippen LogP contribution in [0.3, 0.4) is 0 Å². The van der Waals surface area contributed by atoms with Gasteiger partial charge in [-0.3, -0.25) is 9.36 Å². The predicted molar refractivity (Wildman–Crippen MR) is 172 cm³/mol. The van der Waals surface area contributed by atoms with Crippen LogP contribution in [0.2, 0.25) is 5.02 Å². The molecule has 4 aromatic rings. The number of nitrogens with zero attached hydrogens (tertiary/aromatic N) is 3. The van der Waals surface area contributed by atoms with Crippen LogP contribution in [0.25, 0.3) is 11.8 Å². The van der Waals surface area contributed by atoms with Crippen LogP contribution in [0.1, 0.15) is 48.1 Å². The number of ether oxygens (including phenoxy) is 2. The van der Waals surface area contributed by atoms with Crippen molar-refractivity contribution in [1.29, 1.82) is 0 Å². The fraction of sp³-hybridized carbons (Fsp3) is 0.265. The molecule has 0 saturated carbocycles. The second kappa shape index (κ2) is 12.2. The molecule has 1 fully saturated rings. The number of carbonyl (C=O) groups excluding carboxylic acids is 1. The first kappa shape index (κ1) is 29.0. The topological polar surface area (TPSA) is 73.1 Å². The zero-order valence-electron chi connectivity index (χ0n) is 24.3. The third-order valence-corrected chi connectivity index (χ3v) is 9.09. The number of benzene rings is 3. The van der Waals surface area contributed by atoms with Crippen LogP contribution in [0.15, 0.2) is 82.1 Å². The van der Waals surface area contributed by atoms with E-state index >= 15 is 0 Å². The first-order chi connectivity index (χ1) is 20.9. The predicted octanol–water partition coefficient (Wildman–Crippen LogP) is 5.51. The number of carbonyl (C=O) groups is 1. The Morgan fingerprint density at radius 3 is 2.56 bits per heavy atom. The Bertz CT molecular complexity index is 1910. The Hall–Kier alpha value is -4.14. The average molecular weight is 614 g/mol. The lowest BCUT2D eigenvalue weighted by Crippen LogP contribution is -2.40. The summed E-state index contributed by atoms with van der Waals surface area (Å²) in [5.41, 5.74) is 4.99. The Balaban J connectivity index is 1.60. The molecule has 6 rings (SSSR count). The summed E-state index contributed by atoms with van der Waals surface area (Å²) in [7, 11) is 1.55. The van der Waals surface area contributed by atoms with Crippen molar-refractivity contribution in [2.75, 3.05) is 31.7 Å². The standard InChI is InChI=1S/C34H32ClN3O4S/c1-4-42-33(40)29-30(22-10-6-5-7-11-22)36-34-38(31(29)26-20-24(35)13-15-27(26)41-3)32(39)28(43-34)19-23-12-14-25(18-21(23)2)37-16-8-9-17-37/h5-7,10-15,18-20,31H,4,8-9,16-17H2,1-3H3/b28-19-/t31-/m0/s1. The van der Waals surface area contributed by atoms with Crippen molar-refractivity contribution in [1.82, 2.24) is 4.57 Å². The highest BCUT2D eigenvalue weighted by Crippen LogP contribution is 2.39. The van der Waals surface area contributed by atoms with Gasteiger partial charge in [0.2, 0.25) is 0 Å². The molecule has 0 aliphatic carbocycles. The minimum Gasteiger partial charge on any atom is -0.496 e. The van der Waals surface area contributed by atoms with Gasteiger partial charge in [0.05, 0.1) is 29.5 Å². The molecule has 0 radical (unpaired) electrons. The first-order valence-corrected chi connectivity index (χ1v) is 15.6. The summed E-state index contributed by atoms with van der Waals surface area (Å²) < 4.78 is 13.4. The van der Waals surface area contributed by atoms with Gasteiger partial charge in [-0.25, -0.2) is 9.79 Å². The molecule has 1 saturated heterocycles. The van der Waals surface area contributed by atoms with E-state index in [1.165, 1.54) is 29.9 Å². The number of halogens is 1. The number of fused-ring (bicyclic) bond motifs is 1. The number of hydrogen-bond acceptors (Lipinski definition) is 7. The van der Waals surface area contributed by atoms with Gasteiger partial charge in [0, 0.05) is 34.9 Å². The SMILES string of the molecule is CCOC(=O)C1=C(c2ccccc2)N=c2s/c(=C\c3ccc(N4CCCC4)cc3C)c(=O)n2[C@H]1c1cc(Cl)ccc1OC. The van der Waals surface area contributed by atoms with Crippen LogP contribution in [0.4, 0.5) is 5.69 Å². The maximum Gasteiger partial charge on any atom is 0.338 e. The summed E-state index contributed by atoms with van der Waals surface area (Å²) >= 11 is 7.78. The molecule has 9 heteroatoms. The molecular formula is C34H32ClN3O4S. The Morgan fingerprint density at radius 2 is 1.86 bits per heavy atom. The van der Waals surface area contributed by atoms with E-state index in [-0.39, 0.29) is 17.7 Å². The molecule has 43 heavy (non-hydrogen) atoms. The molecular weight excluding hydrogens is 582 g/mol. The van der Waals surface area contributed by atoms with Crippen LogP contribution >= 0.6 is 22.9 Å². The van der Waals surface area contributed by atoms with Crippen molar-refractivity contribution < 1.29 is 14.3 Å². The molecule has 0 amide bonds. The molecule has 3 heterocycles. The second-order valence-corrected chi connectivity index (χ2v) is 12.0. The summed E-state index contributed by atoms with van der Waals surface area (Å²) in [5.74, 6) is -0.0619. The maximum atomic E-state index is 14.3. The van der Waals surface area contributed by atoms with Crippen molar-refractivity contribution in [2.24, 2.45) is 4.99 Å². The largest absolute Gasteiger partial charge is 0.496 e. The molecule has 0 N–H and O–H groups in total. The molecule has 0 bridgehead atoms. The van der Waals surface area contributed by atoms with E-state index in [2.05, 4.69) is 30.0 Å². The highest BCUT2D eigenvalue weighted by molar-refractivity contribution is 7.07. The van der Waals surface area contributed by atoms with Crippen LogP contribution in [0.5, 0.6) is 5.75 Å². The van der Waals surface area contributed by atoms with E-state index in [1.807, 2.05) is 36.4 Å². The molecule has 0 unspecified atom stereocenters. The summed E-state index contributed by atoms with van der Waals surface area (Å²) in [6.07, 6.45) is 4.33. The van der Waals surface area contributed by atoms with E-state index in [9.17, 15) is 9.59 Å². The van der Waals surface area contributed by atoms with Gasteiger partial charge in [-0.05, 0) is 74.2 Å². The number of hydrogen-bond donors (Lipinski definition) is 0. The second-order valence-electron chi connectivity index (χ2n) is 10.6. The van der Waals surface area contributed by atoms with Gasteiger partial charge in [-0.1, -0.05) is 59.3 Å². The summed E-state index contributed by atoms with van der Waals surface area (Å²) in [4.78, 5) is 35.8. The third kappa shape index (κ3) is 5.53. The van der Waals surface area contributed by atoms with Gasteiger partial charge >= 0.3 is 5.97 Å². The third-order valence-electron chi connectivity index (χ3n) is 7.87. The number of thiazole rings is 1. The van der Waals surface area contributed by atoms with Crippen molar-refractivity contribution in [3.63, 3.8) is 0 Å². The van der Waals surface area contributed by atoms with Gasteiger partial charge in [-0.2, -0.15) is 0 Å². The van der Waals surface area contributed by atoms with E-state index in [0.717, 1.165) is 29.8 Å². The fourth-order valence-electron chi connectivity index (χ4n) is 5.79. The minimum absolute atomic E-state index is 0.168. The number of anilines is 1. The smallest absolute Gasteiger partial charge is 0.338 e. The van der Waals surface area contributed by atoms with Crippen molar-refractivity contribution >= 4 is 46.4 Å². The molecule has 0 spiro atoms. The molecule has 2 aliphatic heterocycles. The normalized spacial score (nSPS) is 16.7. The summed E-state index contributed by atoms with van der Waals surface area (Å²) in [6, 6.07) is 20.1. The molecule has 2 aliphatic rings. The maximum absolute atomic E-state index is 14.3. The van der Waals surface area contributed by atoms with Gasteiger partial charge in [0.1, 0.15) is 11.8 Å². The lowest BCUT2D eigenvalue weighted by atomic mass is 9.92. The van der Waals surface area contributed by atoms with E-state index in [1.54, 1.807) is 36.8 Å². The zero-order chi connectivity index (χ0) is 30.1. The van der Waals surface area contributed by atoms with Gasteiger partial charge in [0.25, 0.3) is 5.56 Å². The van der Waals surface area contributed by atoms with Gasteiger partial charge in [0.15, 0.2) is 4.80 Å². The van der Waals surface area contributed by atoms with Gasteiger partial charge < -0.3 is 14.4 Å². The number of aromatic nitrogens is 1. The number of esters is 1. The van der Waals surface area contributed by atoms with Crippen LogP contribution < -0.4 is 24.5 Å². The molecule has 220 valence electrons. The highest BCUT2D eigenvalue weighted by atomic mass is 35.5. The van der Waals surface area contributed by atoms with Gasteiger partial charge in [-0.15, -0.1) is 0 Å². The number of rotatable bonds is 7. The molecule has 1 atom stereocenters. The Kier molecular flexibility index (Phi) is 8.23. The van der Waals surface area contributed by atoms with Crippen molar-refractivity contribution in [3.8, 4) is 5.75 Å². The molecule has 1 aromatic heterocycles. The van der Waals surface area contributed by atoms with E-state index in [0.29, 0.717) is 31.4 Å². The Labute approximate surface area is 259 Å². The number of aryl methyl sites for hydroxylation is 1. The van der Waals surface area contributed by atoms with E-state index < -0.39 is 12.0 Å². The Morgan fingerprint density at radius 1 is 1.09 bits per heavy atom. The van der Waals surface area contributed by atoms with Crippen molar-refractivity contribution in [3.05, 3.63) is 119 Å². The van der Waals surface area contributed by atoms with Crippen LogP contribution in [0, 0.1) is 6.92 Å². The first-order valence-electron chi connectivity index (χ1n) is 14.4. The molecule has 3 aromatic carbocycles. The lowest BCUT2D eigenvalue weighted by Gasteiger charge is -2.27. The highest BCUT2D eigenvalue weighted by Gasteiger charge is 2.37. The van der Waals surface area contributed by atoms with Crippen LogP contribution in [-0.2, 0) is 9.53 Å². The van der Waals surface area contributed by atoms with Crippen LogP contribution in [-0.4, -0.2) is 37.3 Å². The summed E-state index contributed by atoms with van der Waals surface area (Å²) in [6.45, 7) is 6.12. The number of methoxy groups -OCH3 is 1. The lowest BCUT2D eigenvalue weighted by molar-refractivity contribution is -0.138. The monoisotopic (exact) mass is 613 g/mol. The molecule has 7 nitrogen and oxygen atoms in total. The zero-order valence-corrected chi connectivity index (χ0v) is 25.9.